The molecule has 0 radical (unpaired) electrons. The van der Waals surface area contributed by atoms with Crippen LogP contribution in [0, 0.1) is 0 Å². The van der Waals surface area contributed by atoms with Gasteiger partial charge >= 0.3 is 0 Å². The predicted molar refractivity (Wildman–Crippen MR) is 75.9 cm³/mol. The zero-order valence-corrected chi connectivity index (χ0v) is 11.4. The van der Waals surface area contributed by atoms with E-state index in [1.807, 2.05) is 30.3 Å². The number of nitrogen functional groups attached to an aromatic ring is 1. The molecule has 0 spiro atoms. The highest BCUT2D eigenvalue weighted by atomic mass is 16.5. The number of nitrogens with two attached hydrogens (primary N) is 1. The third kappa shape index (κ3) is 2.76. The molecule has 104 valence electrons. The van der Waals surface area contributed by atoms with Crippen molar-refractivity contribution in [1.29, 1.82) is 0 Å². The van der Waals surface area contributed by atoms with Crippen LogP contribution in [0.1, 0.15) is 11.9 Å². The Morgan fingerprint density at radius 3 is 2.75 bits per heavy atom. The summed E-state index contributed by atoms with van der Waals surface area (Å²) in [5, 5.41) is 0. The van der Waals surface area contributed by atoms with Crippen molar-refractivity contribution in [3.8, 4) is 11.4 Å². The Morgan fingerprint density at radius 1 is 1.20 bits per heavy atom. The second-order valence-corrected chi connectivity index (χ2v) is 4.86. The Morgan fingerprint density at radius 2 is 2.00 bits per heavy atom. The van der Waals surface area contributed by atoms with Gasteiger partial charge in [0.1, 0.15) is 6.10 Å². The van der Waals surface area contributed by atoms with E-state index in [0.29, 0.717) is 18.3 Å². The third-order valence-electron chi connectivity index (χ3n) is 3.26. The first-order valence-corrected chi connectivity index (χ1v) is 6.59. The van der Waals surface area contributed by atoms with E-state index < -0.39 is 0 Å². The molecule has 1 atom stereocenters. The van der Waals surface area contributed by atoms with E-state index in [2.05, 4.69) is 26.9 Å². The summed E-state index contributed by atoms with van der Waals surface area (Å²) in [5.41, 5.74) is 6.73. The molecule has 2 aromatic rings. The van der Waals surface area contributed by atoms with Gasteiger partial charge in [0, 0.05) is 18.7 Å². The first-order chi connectivity index (χ1) is 9.72. The molecule has 1 aliphatic heterocycles. The summed E-state index contributed by atoms with van der Waals surface area (Å²) >= 11 is 0. The van der Waals surface area contributed by atoms with Gasteiger partial charge in [-0.3, -0.25) is 0 Å². The monoisotopic (exact) mass is 271 g/mol. The molecule has 1 saturated heterocycles. The van der Waals surface area contributed by atoms with Gasteiger partial charge in [-0.15, -0.1) is 0 Å². The van der Waals surface area contributed by atoms with E-state index >= 15 is 0 Å². The van der Waals surface area contributed by atoms with Crippen molar-refractivity contribution in [2.24, 2.45) is 0 Å². The second kappa shape index (κ2) is 5.52. The van der Waals surface area contributed by atoms with Gasteiger partial charge in [0.2, 0.25) is 5.95 Å². The van der Waals surface area contributed by atoms with Crippen LogP contribution in [-0.4, -0.2) is 46.6 Å². The molecule has 1 aromatic carbocycles. The smallest absolute Gasteiger partial charge is 0.223 e. The lowest BCUT2D eigenvalue weighted by Crippen LogP contribution is -2.36. The van der Waals surface area contributed by atoms with Crippen molar-refractivity contribution in [1.82, 2.24) is 19.9 Å². The molecule has 0 bridgehead atoms. The van der Waals surface area contributed by atoms with Gasteiger partial charge in [-0.25, -0.2) is 4.98 Å². The largest absolute Gasteiger partial charge is 0.368 e. The van der Waals surface area contributed by atoms with Crippen molar-refractivity contribution in [3.05, 3.63) is 36.2 Å². The number of nitrogens with zero attached hydrogens (tertiary/aromatic N) is 4. The van der Waals surface area contributed by atoms with Gasteiger partial charge in [-0.1, -0.05) is 30.3 Å². The molecule has 1 aliphatic rings. The number of rotatable bonds is 2. The maximum atomic E-state index is 5.81. The van der Waals surface area contributed by atoms with E-state index in [1.54, 1.807) is 0 Å². The molecule has 3 rings (SSSR count). The minimum Gasteiger partial charge on any atom is -0.368 e. The molecule has 1 fully saturated rings. The number of aromatic nitrogens is 3. The summed E-state index contributed by atoms with van der Waals surface area (Å²) in [7, 11) is 2.05. The van der Waals surface area contributed by atoms with Crippen molar-refractivity contribution in [2.45, 2.75) is 6.10 Å². The highest BCUT2D eigenvalue weighted by Gasteiger charge is 2.23. The fourth-order valence-electron chi connectivity index (χ4n) is 2.20. The molecule has 6 nitrogen and oxygen atoms in total. The Balaban J connectivity index is 1.94. The Labute approximate surface area is 117 Å². The van der Waals surface area contributed by atoms with Crippen LogP contribution in [0.2, 0.25) is 0 Å². The summed E-state index contributed by atoms with van der Waals surface area (Å²) in [5.74, 6) is 1.42. The molecule has 6 heteroatoms. The number of likely N-dealkylation sites (N-methyl/N-ethyl adjacent to an activating group) is 1. The molecule has 2 N–H and O–H groups in total. The van der Waals surface area contributed by atoms with E-state index in [1.165, 1.54) is 0 Å². The van der Waals surface area contributed by atoms with Crippen LogP contribution in [-0.2, 0) is 4.74 Å². The number of ether oxygens (including phenoxy) is 1. The molecule has 1 unspecified atom stereocenters. The van der Waals surface area contributed by atoms with Crippen molar-refractivity contribution < 1.29 is 4.74 Å². The van der Waals surface area contributed by atoms with E-state index in [9.17, 15) is 0 Å². The molecule has 1 aromatic heterocycles. The summed E-state index contributed by atoms with van der Waals surface area (Å²) in [6.45, 7) is 2.35. The van der Waals surface area contributed by atoms with Gasteiger partial charge < -0.3 is 15.4 Å². The lowest BCUT2D eigenvalue weighted by Gasteiger charge is -2.29. The number of hydrogen-bond donors (Lipinski definition) is 1. The molecule has 0 amide bonds. The molecular weight excluding hydrogens is 254 g/mol. The van der Waals surface area contributed by atoms with Crippen LogP contribution in [0.3, 0.4) is 0 Å². The second-order valence-electron chi connectivity index (χ2n) is 4.86. The van der Waals surface area contributed by atoms with Crippen molar-refractivity contribution in [2.75, 3.05) is 32.5 Å². The summed E-state index contributed by atoms with van der Waals surface area (Å²) in [6.07, 6.45) is -0.151. The zero-order valence-electron chi connectivity index (χ0n) is 11.4. The predicted octanol–water partition coefficient (Wildman–Crippen LogP) is 1.12. The number of hydrogen-bond acceptors (Lipinski definition) is 6. The number of anilines is 1. The van der Waals surface area contributed by atoms with Crippen LogP contribution < -0.4 is 5.73 Å². The van der Waals surface area contributed by atoms with Gasteiger partial charge in [-0.2, -0.15) is 9.97 Å². The van der Waals surface area contributed by atoms with Crippen LogP contribution in [0.5, 0.6) is 0 Å². The van der Waals surface area contributed by atoms with Crippen LogP contribution >= 0.6 is 0 Å². The maximum absolute atomic E-state index is 5.81. The lowest BCUT2D eigenvalue weighted by molar-refractivity contribution is -0.0254. The standard InChI is InChI=1S/C14H17N5O/c1-19-7-8-20-11(9-19)13-16-12(17-14(15)18-13)10-5-3-2-4-6-10/h2-6,11H,7-9H2,1H3,(H2,15,16,17,18). The van der Waals surface area contributed by atoms with Crippen molar-refractivity contribution >= 4 is 5.95 Å². The average molecular weight is 271 g/mol. The minimum atomic E-state index is -0.151. The SMILES string of the molecule is CN1CCOC(c2nc(N)nc(-c3ccccc3)n2)C1. The molecule has 0 saturated carbocycles. The highest BCUT2D eigenvalue weighted by Crippen LogP contribution is 2.21. The van der Waals surface area contributed by atoms with Crippen LogP contribution in [0.15, 0.2) is 30.3 Å². The quantitative estimate of drug-likeness (QED) is 0.882. The zero-order chi connectivity index (χ0) is 13.9. The normalized spacial score (nSPS) is 19.9. The lowest BCUT2D eigenvalue weighted by atomic mass is 10.2. The van der Waals surface area contributed by atoms with Gasteiger partial charge in [0.25, 0.3) is 0 Å². The number of morpholine rings is 1. The topological polar surface area (TPSA) is 77.2 Å². The van der Waals surface area contributed by atoms with Gasteiger partial charge in [0.05, 0.1) is 6.61 Å². The Hall–Kier alpha value is -2.05. The highest BCUT2D eigenvalue weighted by molar-refractivity contribution is 5.55. The first-order valence-electron chi connectivity index (χ1n) is 6.59. The Bertz CT molecular complexity index is 589. The van der Waals surface area contributed by atoms with Crippen LogP contribution in [0.4, 0.5) is 5.95 Å². The molecule has 0 aliphatic carbocycles. The average Bonchev–Trinajstić information content (AvgIpc) is 2.47. The van der Waals surface area contributed by atoms with Gasteiger partial charge in [0.15, 0.2) is 11.6 Å². The summed E-state index contributed by atoms with van der Waals surface area (Å²) in [6, 6.07) is 9.74. The van der Waals surface area contributed by atoms with E-state index in [0.717, 1.165) is 18.7 Å². The first kappa shape index (κ1) is 13.0. The van der Waals surface area contributed by atoms with Crippen molar-refractivity contribution in [3.63, 3.8) is 0 Å². The fraction of sp³-hybridized carbons (Fsp3) is 0.357. The summed E-state index contributed by atoms with van der Waals surface area (Å²) < 4.78 is 5.73. The minimum absolute atomic E-state index is 0.151. The van der Waals surface area contributed by atoms with Gasteiger partial charge in [-0.05, 0) is 7.05 Å². The maximum Gasteiger partial charge on any atom is 0.223 e. The Kier molecular flexibility index (Phi) is 3.58. The summed E-state index contributed by atoms with van der Waals surface area (Å²) in [4.78, 5) is 15.1. The van der Waals surface area contributed by atoms with Crippen LogP contribution in [0.25, 0.3) is 11.4 Å². The molecule has 2 heterocycles. The molecule has 20 heavy (non-hydrogen) atoms. The third-order valence-corrected chi connectivity index (χ3v) is 3.26. The fourth-order valence-corrected chi connectivity index (χ4v) is 2.20. The number of benzene rings is 1. The van der Waals surface area contributed by atoms with E-state index in [4.69, 9.17) is 10.5 Å². The van der Waals surface area contributed by atoms with E-state index in [-0.39, 0.29) is 12.1 Å². The molecular formula is C14H17N5O.